The van der Waals surface area contributed by atoms with Crippen LogP contribution in [0.25, 0.3) is 11.0 Å². The summed E-state index contributed by atoms with van der Waals surface area (Å²) in [5.41, 5.74) is 6.52. The van der Waals surface area contributed by atoms with E-state index >= 15 is 0 Å². The number of halogens is 1. The van der Waals surface area contributed by atoms with Gasteiger partial charge in [0.15, 0.2) is 5.65 Å². The lowest BCUT2D eigenvalue weighted by Gasteiger charge is -2.26. The summed E-state index contributed by atoms with van der Waals surface area (Å²) in [5.74, 6) is 0.443. The summed E-state index contributed by atoms with van der Waals surface area (Å²) in [5, 5.41) is 5.11. The molecule has 0 aromatic carbocycles. The highest BCUT2D eigenvalue weighted by atomic mass is 79.9. The topological polar surface area (TPSA) is 78.9 Å². The van der Waals surface area contributed by atoms with Gasteiger partial charge in [-0.1, -0.05) is 0 Å². The Hall–Kier alpha value is -1.21. The highest BCUT2D eigenvalue weighted by Gasteiger charge is 2.25. The van der Waals surface area contributed by atoms with Crippen molar-refractivity contribution in [2.24, 2.45) is 0 Å². The fourth-order valence-corrected chi connectivity index (χ4v) is 2.12. The molecule has 0 spiro atoms. The predicted octanol–water partition coefficient (Wildman–Crippen LogP) is 0.742. The van der Waals surface area contributed by atoms with Crippen LogP contribution in [0.5, 0.6) is 0 Å². The molecule has 2 aromatic rings. The van der Waals surface area contributed by atoms with Crippen LogP contribution < -0.4 is 5.73 Å². The normalized spacial score (nSPS) is 16.9. The van der Waals surface area contributed by atoms with E-state index in [9.17, 15) is 0 Å². The van der Waals surface area contributed by atoms with E-state index in [0.717, 1.165) is 11.0 Å². The zero-order chi connectivity index (χ0) is 10.4. The van der Waals surface area contributed by atoms with E-state index in [2.05, 4.69) is 31.0 Å². The molecule has 6 nitrogen and oxygen atoms in total. The Bertz CT molecular complexity index is 521. The number of nitrogens with zero attached hydrogens (tertiary/aromatic N) is 4. The van der Waals surface area contributed by atoms with Gasteiger partial charge in [-0.3, -0.25) is 0 Å². The number of hydrogen-bond donors (Lipinski definition) is 1. The highest BCUT2D eigenvalue weighted by molar-refractivity contribution is 9.10. The number of hydrogen-bond acceptors (Lipinski definition) is 5. The highest BCUT2D eigenvalue weighted by Crippen LogP contribution is 2.29. The molecule has 7 heteroatoms. The molecule has 2 aromatic heterocycles. The number of rotatable bonds is 1. The lowest BCUT2D eigenvalue weighted by Crippen LogP contribution is -2.31. The fraction of sp³-hybridized carbons (Fsp3) is 0.375. The molecule has 0 saturated carbocycles. The first-order valence-electron chi connectivity index (χ1n) is 4.49. The average molecular weight is 270 g/mol. The second kappa shape index (κ2) is 3.14. The molecular weight excluding hydrogens is 262 g/mol. The standard InChI is InChI=1S/C8H8BrN5O/c9-6-5-7(10)11-3-12-8(5)14(13-6)4-1-15-2-4/h3-4H,1-2H2,(H2,10,11,12). The van der Waals surface area contributed by atoms with Crippen molar-refractivity contribution in [2.45, 2.75) is 6.04 Å². The Morgan fingerprint density at radius 1 is 1.47 bits per heavy atom. The Morgan fingerprint density at radius 2 is 2.27 bits per heavy atom. The molecule has 15 heavy (non-hydrogen) atoms. The van der Waals surface area contributed by atoms with Gasteiger partial charge in [0.25, 0.3) is 0 Å². The van der Waals surface area contributed by atoms with Gasteiger partial charge in [-0.2, -0.15) is 5.10 Å². The van der Waals surface area contributed by atoms with Gasteiger partial charge >= 0.3 is 0 Å². The van der Waals surface area contributed by atoms with Crippen LogP contribution >= 0.6 is 15.9 Å². The van der Waals surface area contributed by atoms with Crippen molar-refractivity contribution in [1.82, 2.24) is 19.7 Å². The maximum absolute atomic E-state index is 5.76. The van der Waals surface area contributed by atoms with Gasteiger partial charge in [0.2, 0.25) is 0 Å². The van der Waals surface area contributed by atoms with Crippen LogP contribution in [0.2, 0.25) is 0 Å². The number of nitrogens with two attached hydrogens (primary N) is 1. The lowest BCUT2D eigenvalue weighted by atomic mass is 10.2. The molecule has 78 valence electrons. The Kier molecular flexibility index (Phi) is 1.89. The maximum atomic E-state index is 5.76. The molecule has 3 heterocycles. The van der Waals surface area contributed by atoms with Crippen LogP contribution in [-0.4, -0.2) is 33.0 Å². The molecule has 1 saturated heterocycles. The molecule has 0 bridgehead atoms. The molecule has 3 rings (SSSR count). The minimum atomic E-state index is 0.257. The zero-order valence-corrected chi connectivity index (χ0v) is 9.31. The molecule has 0 atom stereocenters. The van der Waals surface area contributed by atoms with E-state index in [1.807, 2.05) is 4.68 Å². The van der Waals surface area contributed by atoms with Crippen LogP contribution in [0.1, 0.15) is 6.04 Å². The van der Waals surface area contributed by atoms with E-state index in [-0.39, 0.29) is 6.04 Å². The van der Waals surface area contributed by atoms with Gasteiger partial charge in [0.1, 0.15) is 22.8 Å². The van der Waals surface area contributed by atoms with Crippen LogP contribution in [0, 0.1) is 0 Å². The van der Waals surface area contributed by atoms with Crippen LogP contribution in [0.15, 0.2) is 10.9 Å². The Morgan fingerprint density at radius 3 is 2.93 bits per heavy atom. The second-order valence-corrected chi connectivity index (χ2v) is 4.14. The average Bonchev–Trinajstić information content (AvgIpc) is 2.43. The smallest absolute Gasteiger partial charge is 0.164 e. The summed E-state index contributed by atoms with van der Waals surface area (Å²) in [6.45, 7) is 1.35. The van der Waals surface area contributed by atoms with Crippen molar-refractivity contribution in [3.8, 4) is 0 Å². The van der Waals surface area contributed by atoms with E-state index in [0.29, 0.717) is 23.6 Å². The number of nitrogen functional groups attached to an aromatic ring is 1. The van der Waals surface area contributed by atoms with Crippen molar-refractivity contribution in [2.75, 3.05) is 18.9 Å². The first-order chi connectivity index (χ1) is 7.27. The largest absolute Gasteiger partial charge is 0.383 e. The quantitative estimate of drug-likeness (QED) is 0.826. The third-order valence-electron chi connectivity index (χ3n) is 2.44. The van der Waals surface area contributed by atoms with E-state index in [4.69, 9.17) is 10.5 Å². The maximum Gasteiger partial charge on any atom is 0.164 e. The van der Waals surface area contributed by atoms with Crippen LogP contribution in [-0.2, 0) is 4.74 Å². The molecule has 2 N–H and O–H groups in total. The van der Waals surface area contributed by atoms with Crippen LogP contribution in [0.4, 0.5) is 5.82 Å². The fourth-order valence-electron chi connectivity index (χ4n) is 1.57. The van der Waals surface area contributed by atoms with Gasteiger partial charge in [0.05, 0.1) is 18.6 Å². The number of fused-ring (bicyclic) bond motifs is 1. The summed E-state index contributed by atoms with van der Waals surface area (Å²) in [7, 11) is 0. The van der Waals surface area contributed by atoms with Gasteiger partial charge in [-0.25, -0.2) is 14.6 Å². The van der Waals surface area contributed by atoms with E-state index in [1.165, 1.54) is 6.33 Å². The molecule has 0 unspecified atom stereocenters. The molecule has 0 radical (unpaired) electrons. The van der Waals surface area contributed by atoms with Crippen molar-refractivity contribution in [3.63, 3.8) is 0 Å². The van der Waals surface area contributed by atoms with Crippen LogP contribution in [0.3, 0.4) is 0 Å². The van der Waals surface area contributed by atoms with E-state index < -0.39 is 0 Å². The van der Waals surface area contributed by atoms with Gasteiger partial charge in [-0.05, 0) is 15.9 Å². The monoisotopic (exact) mass is 269 g/mol. The molecule has 1 fully saturated rings. The minimum absolute atomic E-state index is 0.257. The minimum Gasteiger partial charge on any atom is -0.383 e. The summed E-state index contributed by atoms with van der Waals surface area (Å²) >= 11 is 3.36. The molecular formula is C8H8BrN5O. The second-order valence-electron chi connectivity index (χ2n) is 3.38. The first-order valence-corrected chi connectivity index (χ1v) is 5.28. The summed E-state index contributed by atoms with van der Waals surface area (Å²) < 4.78 is 7.64. The molecule has 1 aliphatic heterocycles. The van der Waals surface area contributed by atoms with Crippen molar-refractivity contribution in [1.29, 1.82) is 0 Å². The number of aromatic nitrogens is 4. The van der Waals surface area contributed by atoms with E-state index in [1.54, 1.807) is 0 Å². The number of ether oxygens (including phenoxy) is 1. The summed E-state index contributed by atoms with van der Waals surface area (Å²) in [6.07, 6.45) is 1.45. The predicted molar refractivity (Wildman–Crippen MR) is 57.3 cm³/mol. The third kappa shape index (κ3) is 1.23. The SMILES string of the molecule is Nc1ncnc2c1c(Br)nn2C1COC1. The van der Waals surface area contributed by atoms with Gasteiger partial charge < -0.3 is 10.5 Å². The number of anilines is 1. The summed E-state index contributed by atoms with van der Waals surface area (Å²) in [4.78, 5) is 8.13. The van der Waals surface area contributed by atoms with Crippen molar-refractivity contribution >= 4 is 32.8 Å². The zero-order valence-electron chi connectivity index (χ0n) is 7.72. The molecule has 0 amide bonds. The lowest BCUT2D eigenvalue weighted by molar-refractivity contribution is -0.0270. The summed E-state index contributed by atoms with van der Waals surface area (Å²) in [6, 6.07) is 0.257. The molecule has 0 aliphatic carbocycles. The Labute approximate surface area is 93.6 Å². The third-order valence-corrected chi connectivity index (χ3v) is 3.00. The molecule has 1 aliphatic rings. The van der Waals surface area contributed by atoms with Gasteiger partial charge in [-0.15, -0.1) is 0 Å². The van der Waals surface area contributed by atoms with Gasteiger partial charge in [0, 0.05) is 0 Å². The Balaban J connectivity index is 2.27. The van der Waals surface area contributed by atoms with Crippen molar-refractivity contribution < 1.29 is 4.74 Å². The first kappa shape index (κ1) is 9.05. The van der Waals surface area contributed by atoms with Crippen molar-refractivity contribution in [3.05, 3.63) is 10.9 Å².